The lowest BCUT2D eigenvalue weighted by Crippen LogP contribution is -2.32. The molecule has 1 amide bonds. The number of likely N-dealkylation sites (tertiary alicyclic amines) is 1. The molecule has 2 aromatic carbocycles. The Labute approximate surface area is 234 Å². The Morgan fingerprint density at radius 2 is 1.40 bits per heavy atom. The lowest BCUT2D eigenvalue weighted by Gasteiger charge is -2.22. The Kier molecular flexibility index (Phi) is 12.5. The van der Waals surface area contributed by atoms with E-state index in [0.29, 0.717) is 52.7 Å². The lowest BCUT2D eigenvalue weighted by molar-refractivity contribution is -0.135. The summed E-state index contributed by atoms with van der Waals surface area (Å²) in [5.41, 5.74) is 7.16. The fourth-order valence-electron chi connectivity index (χ4n) is 4.62. The monoisotopic (exact) mass is 561 g/mol. The Morgan fingerprint density at radius 1 is 0.900 bits per heavy atom. The third-order valence-electron chi connectivity index (χ3n) is 6.26. The van der Waals surface area contributed by atoms with Crippen LogP contribution in [0.25, 0.3) is 0 Å². The largest absolute Gasteiger partial charge is 0.492 e. The van der Waals surface area contributed by atoms with Gasteiger partial charge in [-0.05, 0) is 42.5 Å². The highest BCUT2D eigenvalue weighted by molar-refractivity contribution is 5.99. The van der Waals surface area contributed by atoms with Gasteiger partial charge in [-0.1, -0.05) is 12.1 Å². The Balaban J connectivity index is 0.000000621. The van der Waals surface area contributed by atoms with Gasteiger partial charge in [0.05, 0.1) is 26.9 Å². The van der Waals surface area contributed by atoms with Gasteiger partial charge in [-0.3, -0.25) is 14.4 Å². The summed E-state index contributed by atoms with van der Waals surface area (Å²) in [7, 11) is 4.57. The SMILES string of the molecule is CC(=O)O.CC(=O)O.COc1c(Oc2ccc(CCN)cc2)cc(C(=O)N2C[C@H]3CNC[C@H]3C2)c(OC)c1OC. The van der Waals surface area contributed by atoms with E-state index in [1.807, 2.05) is 29.2 Å². The number of nitrogens with zero attached hydrogens (tertiary/aromatic N) is 1. The van der Waals surface area contributed by atoms with E-state index >= 15 is 0 Å². The Morgan fingerprint density at radius 3 is 1.85 bits per heavy atom. The summed E-state index contributed by atoms with van der Waals surface area (Å²) >= 11 is 0. The molecule has 2 saturated heterocycles. The van der Waals surface area contributed by atoms with Crippen molar-refractivity contribution >= 4 is 17.8 Å². The highest BCUT2D eigenvalue weighted by atomic mass is 16.5. The molecule has 2 atom stereocenters. The number of amides is 1. The number of nitrogens with one attached hydrogen (secondary N) is 1. The van der Waals surface area contributed by atoms with Crippen LogP contribution in [-0.2, 0) is 16.0 Å². The van der Waals surface area contributed by atoms with E-state index in [2.05, 4.69) is 5.32 Å². The first-order valence-corrected chi connectivity index (χ1v) is 12.7. The van der Waals surface area contributed by atoms with Gasteiger partial charge in [-0.15, -0.1) is 0 Å². The maximum Gasteiger partial charge on any atom is 0.300 e. The molecule has 0 radical (unpaired) electrons. The van der Waals surface area contributed by atoms with Gasteiger partial charge < -0.3 is 45.1 Å². The fourth-order valence-corrected chi connectivity index (χ4v) is 4.62. The third kappa shape index (κ3) is 8.75. The van der Waals surface area contributed by atoms with Crippen LogP contribution in [-0.4, -0.2) is 87.0 Å². The van der Waals surface area contributed by atoms with Gasteiger partial charge in [0.15, 0.2) is 11.5 Å². The van der Waals surface area contributed by atoms with E-state index in [4.69, 9.17) is 44.5 Å². The molecule has 12 nitrogen and oxygen atoms in total. The van der Waals surface area contributed by atoms with E-state index in [1.54, 1.807) is 6.07 Å². The molecule has 12 heteroatoms. The molecule has 40 heavy (non-hydrogen) atoms. The van der Waals surface area contributed by atoms with Crippen molar-refractivity contribution in [2.75, 3.05) is 54.1 Å². The predicted molar refractivity (Wildman–Crippen MR) is 148 cm³/mol. The van der Waals surface area contributed by atoms with E-state index in [0.717, 1.165) is 52.0 Å². The van der Waals surface area contributed by atoms with Gasteiger partial charge in [-0.25, -0.2) is 0 Å². The predicted octanol–water partition coefficient (Wildman–Crippen LogP) is 2.48. The van der Waals surface area contributed by atoms with Crippen LogP contribution >= 0.6 is 0 Å². The standard InChI is InChI=1S/C24H31N3O5.2C2H4O2/c1-29-21-19(24(28)27-13-16-11-26-12-17(16)14-27)10-20(22(30-2)23(21)31-3)32-18-6-4-15(5-7-18)8-9-25;2*1-2(3)4/h4-7,10,16-17,26H,8-9,11-14,25H2,1-3H3;2*1H3,(H,3,4)/t16-,17+;;. The first kappa shape index (κ1) is 32.2. The normalized spacial score (nSPS) is 16.9. The van der Waals surface area contributed by atoms with Crippen LogP contribution in [0.1, 0.15) is 29.8 Å². The second-order valence-corrected chi connectivity index (χ2v) is 9.23. The summed E-state index contributed by atoms with van der Waals surface area (Å²) in [5.74, 6) is 1.28. The number of carboxylic acid groups (broad SMARTS) is 2. The van der Waals surface area contributed by atoms with Gasteiger partial charge >= 0.3 is 0 Å². The second-order valence-electron chi connectivity index (χ2n) is 9.23. The van der Waals surface area contributed by atoms with E-state index < -0.39 is 11.9 Å². The first-order valence-electron chi connectivity index (χ1n) is 12.7. The van der Waals surface area contributed by atoms with Crippen molar-refractivity contribution in [2.45, 2.75) is 20.3 Å². The zero-order valence-electron chi connectivity index (χ0n) is 23.6. The van der Waals surface area contributed by atoms with E-state index in [1.165, 1.54) is 21.3 Å². The number of carboxylic acids is 2. The van der Waals surface area contributed by atoms with Crippen LogP contribution in [0.2, 0.25) is 0 Å². The van der Waals surface area contributed by atoms with Crippen molar-refractivity contribution in [1.82, 2.24) is 10.2 Å². The number of ether oxygens (including phenoxy) is 4. The molecular formula is C28H39N3O9. The molecule has 0 spiro atoms. The third-order valence-corrected chi connectivity index (χ3v) is 6.26. The minimum atomic E-state index is -0.833. The number of carbonyl (C=O) groups excluding carboxylic acids is 1. The molecule has 0 aliphatic carbocycles. The molecule has 0 aromatic heterocycles. The van der Waals surface area contributed by atoms with Crippen LogP contribution in [0.3, 0.4) is 0 Å². The zero-order chi connectivity index (χ0) is 29.8. The highest BCUT2D eigenvalue weighted by Crippen LogP contribution is 2.48. The number of fused-ring (bicyclic) bond motifs is 1. The summed E-state index contributed by atoms with van der Waals surface area (Å²) < 4.78 is 22.9. The average molecular weight is 562 g/mol. The maximum atomic E-state index is 13.5. The van der Waals surface area contributed by atoms with Gasteiger partial charge in [0.2, 0.25) is 11.5 Å². The number of benzene rings is 2. The zero-order valence-corrected chi connectivity index (χ0v) is 23.6. The summed E-state index contributed by atoms with van der Waals surface area (Å²) in [6.45, 7) is 6.11. The molecule has 2 aliphatic heterocycles. The topological polar surface area (TPSA) is 170 Å². The molecule has 2 aromatic rings. The van der Waals surface area contributed by atoms with Crippen molar-refractivity contribution in [3.05, 3.63) is 41.5 Å². The first-order chi connectivity index (χ1) is 19.1. The summed E-state index contributed by atoms with van der Waals surface area (Å²) in [6, 6.07) is 9.37. The highest BCUT2D eigenvalue weighted by Gasteiger charge is 2.39. The summed E-state index contributed by atoms with van der Waals surface area (Å²) in [5, 5.41) is 18.2. The molecule has 0 saturated carbocycles. The van der Waals surface area contributed by atoms with Crippen LogP contribution in [0.4, 0.5) is 0 Å². The molecule has 2 aliphatic rings. The maximum absolute atomic E-state index is 13.5. The van der Waals surface area contributed by atoms with Crippen molar-refractivity contribution in [3.63, 3.8) is 0 Å². The molecule has 2 heterocycles. The number of rotatable bonds is 8. The number of methoxy groups -OCH3 is 3. The van der Waals surface area contributed by atoms with Crippen molar-refractivity contribution in [1.29, 1.82) is 0 Å². The van der Waals surface area contributed by atoms with Gasteiger partial charge in [0, 0.05) is 46.1 Å². The number of aliphatic carboxylic acids is 2. The van der Waals surface area contributed by atoms with Crippen molar-refractivity contribution < 1.29 is 43.5 Å². The van der Waals surface area contributed by atoms with E-state index in [-0.39, 0.29) is 5.91 Å². The molecule has 220 valence electrons. The second kappa shape index (κ2) is 15.5. The molecule has 0 bridgehead atoms. The fraction of sp³-hybridized carbons (Fsp3) is 0.464. The van der Waals surface area contributed by atoms with E-state index in [9.17, 15) is 4.79 Å². The smallest absolute Gasteiger partial charge is 0.300 e. The Hall–Kier alpha value is -4.03. The Bertz CT molecular complexity index is 1120. The number of carbonyl (C=O) groups is 3. The minimum absolute atomic E-state index is 0.0969. The molecule has 5 N–H and O–H groups in total. The quantitative estimate of drug-likeness (QED) is 0.373. The summed E-state index contributed by atoms with van der Waals surface area (Å²) in [4.78, 5) is 33.4. The van der Waals surface area contributed by atoms with Gasteiger partial charge in [0.1, 0.15) is 5.75 Å². The van der Waals surface area contributed by atoms with Crippen LogP contribution in [0.15, 0.2) is 30.3 Å². The van der Waals surface area contributed by atoms with Crippen molar-refractivity contribution in [2.24, 2.45) is 17.6 Å². The summed E-state index contributed by atoms with van der Waals surface area (Å²) in [6.07, 6.45) is 0.798. The van der Waals surface area contributed by atoms with Crippen LogP contribution < -0.4 is 30.0 Å². The van der Waals surface area contributed by atoms with Gasteiger partial charge in [-0.2, -0.15) is 0 Å². The number of hydrogen-bond acceptors (Lipinski definition) is 9. The van der Waals surface area contributed by atoms with Crippen LogP contribution in [0, 0.1) is 11.8 Å². The minimum Gasteiger partial charge on any atom is -0.492 e. The molecule has 2 fully saturated rings. The lowest BCUT2D eigenvalue weighted by atomic mass is 10.0. The number of nitrogens with two attached hydrogens (primary N) is 1. The van der Waals surface area contributed by atoms with Gasteiger partial charge in [0.25, 0.3) is 17.8 Å². The number of hydrogen-bond donors (Lipinski definition) is 4. The molecule has 4 rings (SSSR count). The average Bonchev–Trinajstić information content (AvgIpc) is 3.51. The molecular weight excluding hydrogens is 522 g/mol. The molecule has 0 unspecified atom stereocenters. The van der Waals surface area contributed by atoms with Crippen LogP contribution in [0.5, 0.6) is 28.7 Å². The van der Waals surface area contributed by atoms with Crippen molar-refractivity contribution in [3.8, 4) is 28.7 Å².